The Balaban J connectivity index is 1.61. The molecule has 0 spiro atoms. The van der Waals surface area contributed by atoms with Crippen LogP contribution in [0.1, 0.15) is 0 Å². The zero-order valence-electron chi connectivity index (χ0n) is 15.0. The molecule has 0 bridgehead atoms. The van der Waals surface area contributed by atoms with Crippen molar-refractivity contribution < 1.29 is 0 Å². The van der Waals surface area contributed by atoms with Gasteiger partial charge in [-0.3, -0.25) is 0 Å². The summed E-state index contributed by atoms with van der Waals surface area (Å²) >= 11 is 6.33. The molecular formula is C20H19ClN5P. The molecule has 7 heteroatoms. The number of rotatable bonds is 5. The normalized spacial score (nSPS) is 11.1. The molecule has 5 nitrogen and oxygen atoms in total. The molecule has 0 fully saturated rings. The summed E-state index contributed by atoms with van der Waals surface area (Å²) in [6, 6.07) is 16.3. The van der Waals surface area contributed by atoms with E-state index in [2.05, 4.69) is 45.0 Å². The molecule has 2 aromatic heterocycles. The summed E-state index contributed by atoms with van der Waals surface area (Å²) in [5, 5.41) is 9.51. The van der Waals surface area contributed by atoms with Crippen molar-refractivity contribution in [3.05, 3.63) is 65.9 Å². The van der Waals surface area contributed by atoms with Crippen LogP contribution < -0.4 is 15.9 Å². The van der Waals surface area contributed by atoms with Gasteiger partial charge in [0.2, 0.25) is 5.95 Å². The number of H-pyrrole nitrogens is 1. The van der Waals surface area contributed by atoms with E-state index in [1.54, 1.807) is 6.20 Å². The molecule has 2 aromatic carbocycles. The lowest BCUT2D eigenvalue weighted by atomic mass is 10.2. The Labute approximate surface area is 164 Å². The van der Waals surface area contributed by atoms with E-state index in [0.717, 1.165) is 22.3 Å². The highest BCUT2D eigenvalue weighted by Crippen LogP contribution is 2.31. The molecule has 0 atom stereocenters. The lowest BCUT2D eigenvalue weighted by Gasteiger charge is -2.15. The van der Waals surface area contributed by atoms with E-state index in [9.17, 15) is 0 Å². The topological polar surface area (TPSA) is 65.6 Å². The van der Waals surface area contributed by atoms with Crippen LogP contribution in [0, 0.1) is 0 Å². The third-order valence-corrected chi connectivity index (χ3v) is 5.82. The van der Waals surface area contributed by atoms with Crippen molar-refractivity contribution >= 4 is 58.9 Å². The largest absolute Gasteiger partial charge is 0.361 e. The first kappa shape index (κ1) is 17.8. The van der Waals surface area contributed by atoms with Gasteiger partial charge in [-0.2, -0.15) is 4.98 Å². The third kappa shape index (κ3) is 3.90. The van der Waals surface area contributed by atoms with E-state index in [1.807, 2.05) is 48.7 Å². The molecule has 0 aliphatic carbocycles. The number of aromatic amines is 1. The number of hydrogen-bond acceptors (Lipinski definition) is 4. The first-order valence-electron chi connectivity index (χ1n) is 8.50. The van der Waals surface area contributed by atoms with Gasteiger partial charge < -0.3 is 15.6 Å². The van der Waals surface area contributed by atoms with E-state index in [1.165, 1.54) is 5.30 Å². The maximum Gasteiger partial charge on any atom is 0.229 e. The van der Waals surface area contributed by atoms with E-state index < -0.39 is 0 Å². The second-order valence-corrected chi connectivity index (χ2v) is 9.01. The van der Waals surface area contributed by atoms with Crippen molar-refractivity contribution in [3.8, 4) is 0 Å². The van der Waals surface area contributed by atoms with Crippen LogP contribution in [-0.2, 0) is 0 Å². The molecule has 0 aliphatic heterocycles. The summed E-state index contributed by atoms with van der Waals surface area (Å²) in [5.74, 6) is 1.07. The standard InChI is InChI=1S/C20H19ClN5P/c1-27(2)18-6-4-3-5-16(18)25-19-15(21)12-23-20(26-19)24-14-8-7-13-9-10-22-17(13)11-14/h3-12,22H,1-2H3,(H2,23,24,25,26). The molecule has 3 N–H and O–H groups in total. The molecule has 4 aromatic rings. The molecule has 0 radical (unpaired) electrons. The van der Waals surface area contributed by atoms with E-state index in [4.69, 9.17) is 11.6 Å². The molecule has 0 amide bonds. The van der Waals surface area contributed by atoms with Crippen LogP contribution in [0.15, 0.2) is 60.9 Å². The number of fused-ring (bicyclic) bond motifs is 1. The van der Waals surface area contributed by atoms with Gasteiger partial charge >= 0.3 is 0 Å². The Morgan fingerprint density at radius 3 is 2.74 bits per heavy atom. The fraction of sp³-hybridized carbons (Fsp3) is 0.100. The minimum absolute atomic E-state index is 0.250. The van der Waals surface area contributed by atoms with Crippen LogP contribution in [0.5, 0.6) is 0 Å². The summed E-state index contributed by atoms with van der Waals surface area (Å²) in [4.78, 5) is 12.1. The van der Waals surface area contributed by atoms with Crippen molar-refractivity contribution in [1.29, 1.82) is 0 Å². The number of nitrogens with one attached hydrogen (secondary N) is 3. The lowest BCUT2D eigenvalue weighted by Crippen LogP contribution is -2.09. The minimum atomic E-state index is -0.250. The average Bonchev–Trinajstić information content (AvgIpc) is 3.12. The Morgan fingerprint density at radius 1 is 1.04 bits per heavy atom. The summed E-state index contributed by atoms with van der Waals surface area (Å²) in [6.07, 6.45) is 3.53. The fourth-order valence-electron chi connectivity index (χ4n) is 2.87. The Hall–Kier alpha value is -2.62. The Bertz CT molecular complexity index is 1090. The van der Waals surface area contributed by atoms with Crippen molar-refractivity contribution in [2.45, 2.75) is 0 Å². The van der Waals surface area contributed by atoms with E-state index in [-0.39, 0.29) is 7.92 Å². The Kier molecular flexibility index (Phi) is 4.97. The van der Waals surface area contributed by atoms with Gasteiger partial charge in [0.05, 0.1) is 6.20 Å². The van der Waals surface area contributed by atoms with Crippen LogP contribution in [0.2, 0.25) is 5.02 Å². The van der Waals surface area contributed by atoms with Crippen LogP contribution in [0.3, 0.4) is 0 Å². The summed E-state index contributed by atoms with van der Waals surface area (Å²) in [5.41, 5.74) is 2.98. The quantitative estimate of drug-likeness (QED) is 0.392. The molecule has 0 aliphatic rings. The van der Waals surface area contributed by atoms with Gasteiger partial charge in [0, 0.05) is 23.1 Å². The van der Waals surface area contributed by atoms with Gasteiger partial charge in [0.15, 0.2) is 5.82 Å². The number of nitrogens with zero attached hydrogens (tertiary/aromatic N) is 2. The highest BCUT2D eigenvalue weighted by atomic mass is 35.5. The third-order valence-electron chi connectivity index (χ3n) is 4.19. The molecular weight excluding hydrogens is 377 g/mol. The van der Waals surface area contributed by atoms with Gasteiger partial charge in [0.1, 0.15) is 5.02 Å². The first-order chi connectivity index (χ1) is 13.1. The number of anilines is 4. The van der Waals surface area contributed by atoms with Crippen molar-refractivity contribution in [2.24, 2.45) is 0 Å². The van der Waals surface area contributed by atoms with Gasteiger partial charge in [0.25, 0.3) is 0 Å². The fourth-order valence-corrected chi connectivity index (χ4v) is 4.00. The van der Waals surface area contributed by atoms with Crippen molar-refractivity contribution in [2.75, 3.05) is 24.0 Å². The number of halogens is 1. The Morgan fingerprint density at radius 2 is 1.89 bits per heavy atom. The summed E-state index contributed by atoms with van der Waals surface area (Å²) in [7, 11) is -0.250. The molecule has 27 heavy (non-hydrogen) atoms. The first-order valence-corrected chi connectivity index (χ1v) is 11.1. The predicted molar refractivity (Wildman–Crippen MR) is 117 cm³/mol. The molecule has 0 unspecified atom stereocenters. The SMILES string of the molecule is CP(C)c1ccccc1Nc1nc(Nc2ccc3cc[nH]c3c2)ncc1Cl. The minimum Gasteiger partial charge on any atom is -0.361 e. The van der Waals surface area contributed by atoms with Gasteiger partial charge in [-0.15, -0.1) is 0 Å². The van der Waals surface area contributed by atoms with Crippen molar-refractivity contribution in [1.82, 2.24) is 15.0 Å². The molecule has 4 rings (SSSR count). The predicted octanol–water partition coefficient (Wildman–Crippen LogP) is 5.47. The number of benzene rings is 2. The second-order valence-electron chi connectivity index (χ2n) is 6.33. The van der Waals surface area contributed by atoms with E-state index >= 15 is 0 Å². The molecule has 0 saturated carbocycles. The van der Waals surface area contributed by atoms with Gasteiger partial charge in [-0.05, 0) is 48.3 Å². The van der Waals surface area contributed by atoms with E-state index in [0.29, 0.717) is 16.8 Å². The van der Waals surface area contributed by atoms with Crippen LogP contribution in [0.25, 0.3) is 10.9 Å². The second kappa shape index (κ2) is 7.55. The maximum atomic E-state index is 6.33. The van der Waals surface area contributed by atoms with Gasteiger partial charge in [-0.25, -0.2) is 4.98 Å². The highest BCUT2D eigenvalue weighted by Gasteiger charge is 2.10. The summed E-state index contributed by atoms with van der Waals surface area (Å²) < 4.78 is 0. The van der Waals surface area contributed by atoms with Crippen LogP contribution >= 0.6 is 19.5 Å². The average molecular weight is 396 g/mol. The smallest absolute Gasteiger partial charge is 0.229 e. The molecule has 0 saturated heterocycles. The monoisotopic (exact) mass is 395 g/mol. The molecule has 2 heterocycles. The van der Waals surface area contributed by atoms with Crippen LogP contribution in [0.4, 0.5) is 23.1 Å². The van der Waals surface area contributed by atoms with Gasteiger partial charge in [-0.1, -0.05) is 43.8 Å². The zero-order valence-corrected chi connectivity index (χ0v) is 16.6. The lowest BCUT2D eigenvalue weighted by molar-refractivity contribution is 1.17. The molecule has 136 valence electrons. The number of para-hydroxylation sites is 1. The number of hydrogen-bond donors (Lipinski definition) is 3. The zero-order chi connectivity index (χ0) is 18.8. The summed E-state index contributed by atoms with van der Waals surface area (Å²) in [6.45, 7) is 4.45. The highest BCUT2D eigenvalue weighted by molar-refractivity contribution is 7.64. The van der Waals surface area contributed by atoms with Crippen molar-refractivity contribution in [3.63, 3.8) is 0 Å². The van der Waals surface area contributed by atoms with Crippen LogP contribution in [-0.4, -0.2) is 28.3 Å². The number of aromatic nitrogens is 3. The maximum absolute atomic E-state index is 6.33.